The van der Waals surface area contributed by atoms with E-state index in [-0.39, 0.29) is 6.42 Å². The van der Waals surface area contributed by atoms with E-state index in [9.17, 15) is 4.39 Å². The number of benzene rings is 1. The van der Waals surface area contributed by atoms with Crippen molar-refractivity contribution in [2.24, 2.45) is 0 Å². The summed E-state index contributed by atoms with van der Waals surface area (Å²) in [7, 11) is 0. The molecule has 0 spiro atoms. The third-order valence-electron chi connectivity index (χ3n) is 1.91. The van der Waals surface area contributed by atoms with Gasteiger partial charge >= 0.3 is 4.05 Å². The highest BCUT2D eigenvalue weighted by Crippen LogP contribution is 2.45. The largest absolute Gasteiger partial charge is 0.456 e. The van der Waals surface area contributed by atoms with Crippen LogP contribution in [0.3, 0.4) is 0 Å². The first-order valence-corrected chi connectivity index (χ1v) is 6.73. The SMILES string of the molecule is C=IC1(F)Oc2ccc(CC#N)cc2O1. The van der Waals surface area contributed by atoms with Crippen molar-refractivity contribution < 1.29 is 13.9 Å². The third kappa shape index (κ3) is 1.95. The van der Waals surface area contributed by atoms with Gasteiger partial charge in [0.1, 0.15) is 0 Å². The van der Waals surface area contributed by atoms with E-state index < -0.39 is 24.8 Å². The Morgan fingerprint density at radius 3 is 2.87 bits per heavy atom. The maximum atomic E-state index is 13.6. The van der Waals surface area contributed by atoms with Crippen LogP contribution < -0.4 is 9.47 Å². The minimum Gasteiger partial charge on any atom is -0.415 e. The predicted molar refractivity (Wildman–Crippen MR) is 62.0 cm³/mol. The zero-order valence-corrected chi connectivity index (χ0v) is 9.82. The fourth-order valence-corrected chi connectivity index (χ4v) is 2.04. The molecule has 1 aromatic carbocycles. The normalized spacial score (nSPS) is 22.4. The van der Waals surface area contributed by atoms with Crippen molar-refractivity contribution in [2.75, 3.05) is 0 Å². The molecule has 1 aliphatic heterocycles. The van der Waals surface area contributed by atoms with Gasteiger partial charge in [0.25, 0.3) is 0 Å². The second kappa shape index (κ2) is 3.77. The lowest BCUT2D eigenvalue weighted by atomic mass is 10.1. The zero-order valence-electron chi connectivity index (χ0n) is 7.67. The van der Waals surface area contributed by atoms with Gasteiger partial charge in [-0.15, -0.1) is 4.39 Å². The van der Waals surface area contributed by atoms with Crippen LogP contribution in [0.5, 0.6) is 11.5 Å². The Morgan fingerprint density at radius 2 is 2.20 bits per heavy atom. The van der Waals surface area contributed by atoms with Crippen molar-refractivity contribution in [3.05, 3.63) is 23.8 Å². The third-order valence-corrected chi connectivity index (χ3v) is 3.26. The fourth-order valence-electron chi connectivity index (χ4n) is 1.25. The molecule has 0 saturated carbocycles. The molecule has 1 aromatic rings. The highest BCUT2D eigenvalue weighted by Gasteiger charge is 2.40. The van der Waals surface area contributed by atoms with Gasteiger partial charge in [0.2, 0.25) is 0 Å². The fraction of sp³-hybridized carbons (Fsp3) is 0.200. The highest BCUT2D eigenvalue weighted by atomic mass is 127. The molecule has 0 bridgehead atoms. The van der Waals surface area contributed by atoms with Crippen molar-refractivity contribution >= 4 is 25.2 Å². The number of ether oxygens (including phenoxy) is 2. The molecule has 1 aliphatic rings. The standard InChI is InChI=1S/C10H7FINO2/c1-12-10(11)14-8-3-2-7(4-5-13)6-9(8)15-10/h2-3,6H,1,4H2. The number of hydrogen-bond donors (Lipinski definition) is 0. The number of hydrogen-bond acceptors (Lipinski definition) is 3. The van der Waals surface area contributed by atoms with Crippen LogP contribution in [0.25, 0.3) is 0 Å². The van der Waals surface area contributed by atoms with Gasteiger partial charge in [-0.05, 0) is 17.7 Å². The molecule has 0 amide bonds. The second-order valence-electron chi connectivity index (χ2n) is 2.92. The number of nitrogens with zero attached hydrogens (tertiary/aromatic N) is 1. The van der Waals surface area contributed by atoms with Crippen LogP contribution >= 0.6 is 20.7 Å². The number of halogens is 2. The molecule has 3 nitrogen and oxygen atoms in total. The molecule has 2 rings (SSSR count). The molecule has 1 unspecified atom stereocenters. The van der Waals surface area contributed by atoms with Gasteiger partial charge in [0.05, 0.1) is 12.5 Å². The number of fused-ring (bicyclic) bond motifs is 1. The Balaban J connectivity index is 2.32. The Morgan fingerprint density at radius 1 is 1.47 bits per heavy atom. The molecule has 0 saturated heterocycles. The Kier molecular flexibility index (Phi) is 2.61. The van der Waals surface area contributed by atoms with Gasteiger partial charge in [-0.25, -0.2) is 0 Å². The average molecular weight is 319 g/mol. The van der Waals surface area contributed by atoms with E-state index in [2.05, 4.69) is 4.51 Å². The molecule has 1 atom stereocenters. The van der Waals surface area contributed by atoms with E-state index in [0.717, 1.165) is 5.56 Å². The maximum absolute atomic E-state index is 13.6. The van der Waals surface area contributed by atoms with Crippen LogP contribution in [-0.4, -0.2) is 8.56 Å². The average Bonchev–Trinajstić information content (AvgIpc) is 2.55. The number of nitriles is 1. The van der Waals surface area contributed by atoms with Gasteiger partial charge in [-0.1, -0.05) is 10.6 Å². The molecule has 0 N–H and O–H groups in total. The summed E-state index contributed by atoms with van der Waals surface area (Å²) < 4.78 is 25.1. The summed E-state index contributed by atoms with van der Waals surface area (Å²) in [5, 5.41) is 8.52. The van der Waals surface area contributed by atoms with E-state index in [1.165, 1.54) is 0 Å². The van der Waals surface area contributed by atoms with Crippen LogP contribution in [0, 0.1) is 11.3 Å². The Labute approximate surface area is 96.2 Å². The van der Waals surface area contributed by atoms with Gasteiger partial charge in [-0.2, -0.15) is 5.26 Å². The van der Waals surface area contributed by atoms with Crippen LogP contribution in [0.15, 0.2) is 18.2 Å². The molecular weight excluding hydrogens is 312 g/mol. The number of alkyl halides is 2. The van der Waals surface area contributed by atoms with E-state index in [1.807, 2.05) is 6.07 Å². The van der Waals surface area contributed by atoms with Crippen LogP contribution in [0.4, 0.5) is 4.39 Å². The Bertz CT molecular complexity index is 457. The van der Waals surface area contributed by atoms with E-state index in [4.69, 9.17) is 14.7 Å². The van der Waals surface area contributed by atoms with Crippen molar-refractivity contribution in [3.8, 4) is 17.6 Å². The predicted octanol–water partition coefficient (Wildman–Crippen LogP) is 2.51. The zero-order chi connectivity index (χ0) is 10.9. The first-order valence-electron chi connectivity index (χ1n) is 4.13. The quantitative estimate of drug-likeness (QED) is 0.621. The van der Waals surface area contributed by atoms with E-state index in [1.54, 1.807) is 18.2 Å². The molecule has 0 fully saturated rings. The van der Waals surface area contributed by atoms with E-state index in [0.29, 0.717) is 11.5 Å². The first kappa shape index (κ1) is 10.4. The minimum absolute atomic E-state index is 0.273. The molecule has 0 radical (unpaired) electrons. The summed E-state index contributed by atoms with van der Waals surface area (Å²) in [6, 6.07) is 6.97. The summed E-state index contributed by atoms with van der Waals surface area (Å²) in [6.45, 7) is 0. The lowest BCUT2D eigenvalue weighted by Crippen LogP contribution is -2.24. The molecule has 0 aliphatic carbocycles. The van der Waals surface area contributed by atoms with Crippen LogP contribution in [-0.2, 0) is 6.42 Å². The lowest BCUT2D eigenvalue weighted by molar-refractivity contribution is -0.0846. The minimum atomic E-state index is -2.05. The van der Waals surface area contributed by atoms with Gasteiger partial charge in [-0.3, -0.25) is 0 Å². The summed E-state index contributed by atoms with van der Waals surface area (Å²) >= 11 is -1.07. The van der Waals surface area contributed by atoms with Crippen molar-refractivity contribution in [1.29, 1.82) is 5.26 Å². The van der Waals surface area contributed by atoms with Gasteiger partial charge in [0.15, 0.2) is 11.5 Å². The summed E-state index contributed by atoms with van der Waals surface area (Å²) in [5.41, 5.74) is 0.784. The van der Waals surface area contributed by atoms with E-state index >= 15 is 0 Å². The molecular formula is C10H7FINO2. The van der Waals surface area contributed by atoms with Crippen molar-refractivity contribution in [3.63, 3.8) is 0 Å². The maximum Gasteiger partial charge on any atom is 0.456 e. The molecule has 78 valence electrons. The van der Waals surface area contributed by atoms with Crippen LogP contribution in [0.2, 0.25) is 0 Å². The molecule has 15 heavy (non-hydrogen) atoms. The van der Waals surface area contributed by atoms with Gasteiger partial charge in [0, 0.05) is 20.7 Å². The summed E-state index contributed by atoms with van der Waals surface area (Å²) in [6.07, 6.45) is 0.273. The lowest BCUT2D eigenvalue weighted by Gasteiger charge is -2.10. The molecule has 0 aromatic heterocycles. The summed E-state index contributed by atoms with van der Waals surface area (Å²) in [4.78, 5) is 0. The highest BCUT2D eigenvalue weighted by molar-refractivity contribution is 14.2. The smallest absolute Gasteiger partial charge is 0.415 e. The molecule has 1 heterocycles. The summed E-state index contributed by atoms with van der Waals surface area (Å²) in [5.74, 6) is 0.733. The topological polar surface area (TPSA) is 42.2 Å². The Hall–Kier alpha value is -1.16. The molecule has 5 heteroatoms. The van der Waals surface area contributed by atoms with Crippen molar-refractivity contribution in [2.45, 2.75) is 10.5 Å². The first-order chi connectivity index (χ1) is 7.17. The van der Waals surface area contributed by atoms with Crippen molar-refractivity contribution in [1.82, 2.24) is 0 Å². The van der Waals surface area contributed by atoms with Gasteiger partial charge < -0.3 is 9.47 Å². The monoisotopic (exact) mass is 319 g/mol. The number of rotatable bonds is 2. The second-order valence-corrected chi connectivity index (χ2v) is 4.97. The van der Waals surface area contributed by atoms with Crippen LogP contribution in [0.1, 0.15) is 5.56 Å².